The number of anilines is 1. The molecule has 1 aliphatic rings. The summed E-state index contributed by atoms with van der Waals surface area (Å²) in [6.07, 6.45) is 1.55. The second-order valence-electron chi connectivity index (χ2n) is 9.33. The molecule has 2 heterocycles. The fraction of sp³-hybridized carbons (Fsp3) is 0.360. The molecule has 0 radical (unpaired) electrons. The van der Waals surface area contributed by atoms with E-state index in [0.29, 0.717) is 41.7 Å². The minimum Gasteiger partial charge on any atom is -0.486 e. The molecule has 1 aromatic heterocycles. The largest absolute Gasteiger partial charge is 0.486 e. The predicted molar refractivity (Wildman–Crippen MR) is 145 cm³/mol. The number of halogens is 1. The average Bonchev–Trinajstić information content (AvgIpc) is 2.87. The van der Waals surface area contributed by atoms with E-state index >= 15 is 0 Å². The molecular formula is C25H28ClN5O6S. The Morgan fingerprint density at radius 3 is 2.47 bits per heavy atom. The predicted octanol–water partition coefficient (Wildman–Crippen LogP) is 3.48. The van der Waals surface area contributed by atoms with Gasteiger partial charge in [0.15, 0.2) is 0 Å². The molecule has 1 fully saturated rings. The summed E-state index contributed by atoms with van der Waals surface area (Å²) >= 11 is 6.10. The van der Waals surface area contributed by atoms with E-state index in [9.17, 15) is 23.3 Å². The van der Waals surface area contributed by atoms with Gasteiger partial charge in [0.1, 0.15) is 5.69 Å². The molecule has 0 unspecified atom stereocenters. The Labute approximate surface area is 225 Å². The first-order valence-electron chi connectivity index (χ1n) is 12.0. The lowest BCUT2D eigenvalue weighted by molar-refractivity contribution is -0.384. The third kappa shape index (κ3) is 6.32. The van der Waals surface area contributed by atoms with Crippen LogP contribution in [0.25, 0.3) is 5.69 Å². The summed E-state index contributed by atoms with van der Waals surface area (Å²) in [5, 5.41) is 15.8. The van der Waals surface area contributed by atoms with E-state index in [4.69, 9.17) is 16.3 Å². The van der Waals surface area contributed by atoms with Crippen LogP contribution in [-0.2, 0) is 15.8 Å². The third-order valence-corrected chi connectivity index (χ3v) is 8.06. The zero-order valence-electron chi connectivity index (χ0n) is 21.0. The molecule has 0 amide bonds. The van der Waals surface area contributed by atoms with E-state index < -0.39 is 20.5 Å². The molecule has 3 aromatic rings. The first-order chi connectivity index (χ1) is 18.0. The molecule has 13 heteroatoms. The first-order valence-corrected chi connectivity index (χ1v) is 14.0. The zero-order valence-corrected chi connectivity index (χ0v) is 22.6. The van der Waals surface area contributed by atoms with Crippen LogP contribution in [0.15, 0.2) is 59.5 Å². The van der Waals surface area contributed by atoms with E-state index in [1.165, 1.54) is 27.2 Å². The molecule has 202 valence electrons. The number of sulfonamides is 1. The lowest BCUT2D eigenvalue weighted by Crippen LogP contribution is -2.49. The number of nitrogens with zero attached hydrogens (tertiary/aromatic N) is 5. The summed E-state index contributed by atoms with van der Waals surface area (Å²) in [6, 6.07) is 12.4. The SMILES string of the molecule is CC(C)COc1c(N2CCN(S(=O)(=O)Cc3cccc([N+](=O)[O-])c3)CC2)cnn(-c2cccc(Cl)c2)c1=O. The van der Waals surface area contributed by atoms with Gasteiger partial charge in [-0.25, -0.2) is 8.42 Å². The average molecular weight is 562 g/mol. The van der Waals surface area contributed by atoms with Crippen molar-refractivity contribution in [2.45, 2.75) is 19.6 Å². The fourth-order valence-corrected chi connectivity index (χ4v) is 5.79. The van der Waals surface area contributed by atoms with Crippen LogP contribution in [0, 0.1) is 16.0 Å². The highest BCUT2D eigenvalue weighted by molar-refractivity contribution is 7.88. The highest BCUT2D eigenvalue weighted by atomic mass is 35.5. The second kappa shape index (κ2) is 11.5. The normalized spacial score (nSPS) is 14.6. The van der Waals surface area contributed by atoms with Gasteiger partial charge in [-0.15, -0.1) is 0 Å². The summed E-state index contributed by atoms with van der Waals surface area (Å²) in [5.41, 5.74) is 0.743. The van der Waals surface area contributed by atoms with Crippen molar-refractivity contribution < 1.29 is 18.1 Å². The van der Waals surface area contributed by atoms with Crippen LogP contribution in [0.5, 0.6) is 5.75 Å². The quantitative estimate of drug-likeness (QED) is 0.287. The number of nitro groups is 1. The van der Waals surface area contributed by atoms with Crippen molar-refractivity contribution in [3.63, 3.8) is 0 Å². The van der Waals surface area contributed by atoms with Crippen molar-refractivity contribution in [1.82, 2.24) is 14.1 Å². The van der Waals surface area contributed by atoms with Crippen molar-refractivity contribution in [2.24, 2.45) is 5.92 Å². The number of aromatic nitrogens is 2. The van der Waals surface area contributed by atoms with Gasteiger partial charge < -0.3 is 9.64 Å². The zero-order chi connectivity index (χ0) is 27.4. The standard InChI is InChI=1S/C25H28ClN5O6S/c1-18(2)16-37-24-23(15-27-30(25(24)32)21-7-4-6-20(26)14-21)28-9-11-29(12-10-28)38(35,36)17-19-5-3-8-22(13-19)31(33)34/h3-8,13-15,18H,9-12,16-17H2,1-2H3. The van der Waals surface area contributed by atoms with Crippen molar-refractivity contribution >= 4 is 33.0 Å². The first kappa shape index (κ1) is 27.6. The van der Waals surface area contributed by atoms with Crippen molar-refractivity contribution in [3.05, 3.63) is 85.8 Å². The number of ether oxygens (including phenoxy) is 1. The van der Waals surface area contributed by atoms with Crippen LogP contribution < -0.4 is 15.2 Å². The molecule has 0 N–H and O–H groups in total. The van der Waals surface area contributed by atoms with Crippen LogP contribution in [0.1, 0.15) is 19.4 Å². The number of nitro benzene ring substituents is 1. The fourth-order valence-electron chi connectivity index (χ4n) is 4.10. The molecule has 11 nitrogen and oxygen atoms in total. The number of hydrogen-bond donors (Lipinski definition) is 0. The van der Waals surface area contributed by atoms with Gasteiger partial charge in [0.2, 0.25) is 15.8 Å². The van der Waals surface area contributed by atoms with Gasteiger partial charge in [-0.05, 0) is 29.7 Å². The maximum absolute atomic E-state index is 13.4. The Hall–Kier alpha value is -3.48. The van der Waals surface area contributed by atoms with Crippen LogP contribution in [0.4, 0.5) is 11.4 Å². The number of benzene rings is 2. The van der Waals surface area contributed by atoms with E-state index in [-0.39, 0.29) is 36.2 Å². The van der Waals surface area contributed by atoms with Crippen LogP contribution in [0.3, 0.4) is 0 Å². The third-order valence-electron chi connectivity index (χ3n) is 5.97. The van der Waals surface area contributed by atoms with Gasteiger partial charge in [-0.3, -0.25) is 14.9 Å². The summed E-state index contributed by atoms with van der Waals surface area (Å²) in [6.45, 7) is 5.25. The Balaban J connectivity index is 1.54. The smallest absolute Gasteiger partial charge is 0.316 e. The highest BCUT2D eigenvalue weighted by Gasteiger charge is 2.30. The van der Waals surface area contributed by atoms with Crippen LogP contribution >= 0.6 is 11.6 Å². The van der Waals surface area contributed by atoms with E-state index in [2.05, 4.69) is 5.10 Å². The molecule has 38 heavy (non-hydrogen) atoms. The summed E-state index contributed by atoms with van der Waals surface area (Å²) < 4.78 is 34.6. The molecule has 0 atom stereocenters. The lowest BCUT2D eigenvalue weighted by atomic mass is 10.2. The molecule has 0 bridgehead atoms. The number of non-ortho nitro benzene ring substituents is 1. The summed E-state index contributed by atoms with van der Waals surface area (Å²) in [5.74, 6) is -0.0262. The lowest BCUT2D eigenvalue weighted by Gasteiger charge is -2.35. The van der Waals surface area contributed by atoms with Gasteiger partial charge in [-0.1, -0.05) is 43.6 Å². The minimum absolute atomic E-state index is 0.140. The monoisotopic (exact) mass is 561 g/mol. The Morgan fingerprint density at radius 1 is 1.11 bits per heavy atom. The Bertz CT molecular complexity index is 1490. The van der Waals surface area contributed by atoms with Gasteiger partial charge >= 0.3 is 5.56 Å². The molecule has 1 aliphatic heterocycles. The maximum Gasteiger partial charge on any atom is 0.316 e. The molecule has 1 saturated heterocycles. The van der Waals surface area contributed by atoms with Gasteiger partial charge in [0.25, 0.3) is 5.69 Å². The summed E-state index contributed by atoms with van der Waals surface area (Å²) in [7, 11) is -3.71. The molecule has 0 spiro atoms. The highest BCUT2D eigenvalue weighted by Crippen LogP contribution is 2.27. The van der Waals surface area contributed by atoms with Crippen molar-refractivity contribution in [3.8, 4) is 11.4 Å². The number of piperazine rings is 1. The maximum atomic E-state index is 13.4. The Morgan fingerprint density at radius 2 is 1.82 bits per heavy atom. The van der Waals surface area contributed by atoms with Gasteiger partial charge in [0.05, 0.1) is 29.2 Å². The van der Waals surface area contributed by atoms with E-state index in [1.54, 1.807) is 36.5 Å². The molecule has 0 aliphatic carbocycles. The summed E-state index contributed by atoms with van der Waals surface area (Å²) in [4.78, 5) is 25.8. The van der Waals surface area contributed by atoms with Crippen molar-refractivity contribution in [2.75, 3.05) is 37.7 Å². The molecule has 0 saturated carbocycles. The molecule has 4 rings (SSSR count). The Kier molecular flexibility index (Phi) is 8.34. The van der Waals surface area contributed by atoms with Gasteiger partial charge in [-0.2, -0.15) is 14.1 Å². The van der Waals surface area contributed by atoms with Crippen molar-refractivity contribution in [1.29, 1.82) is 0 Å². The topological polar surface area (TPSA) is 128 Å². The number of hydrogen-bond acceptors (Lipinski definition) is 8. The molecular weight excluding hydrogens is 534 g/mol. The number of rotatable bonds is 9. The second-order valence-corrected chi connectivity index (χ2v) is 11.7. The van der Waals surface area contributed by atoms with E-state index in [1.807, 2.05) is 18.7 Å². The van der Waals surface area contributed by atoms with Crippen LogP contribution in [-0.4, -0.2) is 60.2 Å². The van der Waals surface area contributed by atoms with E-state index in [0.717, 1.165) is 0 Å². The molecule has 2 aromatic carbocycles. The minimum atomic E-state index is -3.71. The van der Waals surface area contributed by atoms with Gasteiger partial charge in [0, 0.05) is 43.3 Å². The van der Waals surface area contributed by atoms with Crippen LogP contribution in [0.2, 0.25) is 5.02 Å².